The summed E-state index contributed by atoms with van der Waals surface area (Å²) in [7, 11) is 1.57. The third-order valence-electron chi connectivity index (χ3n) is 2.39. The molecule has 1 rings (SSSR count). The molecule has 1 amide bonds. The van der Waals surface area contributed by atoms with Crippen LogP contribution in [0.1, 0.15) is 29.9 Å². The average molecular weight is 278 g/mol. The zero-order valence-corrected chi connectivity index (χ0v) is 11.7. The number of amides is 1. The van der Waals surface area contributed by atoms with Crippen molar-refractivity contribution < 1.29 is 19.4 Å². The Morgan fingerprint density at radius 2 is 2.15 bits per heavy atom. The SMILES string of the molecule is COCC(C)(C)NC(=O)c1ccc(/C=C/C(=O)O)cn1. The number of pyridine rings is 1. The van der Waals surface area contributed by atoms with Crippen molar-refractivity contribution in [3.8, 4) is 0 Å². The highest BCUT2D eigenvalue weighted by Crippen LogP contribution is 2.06. The maximum absolute atomic E-state index is 12.0. The van der Waals surface area contributed by atoms with E-state index in [9.17, 15) is 9.59 Å². The number of carboxylic acids is 1. The number of carbonyl (C=O) groups excluding carboxylic acids is 1. The largest absolute Gasteiger partial charge is 0.478 e. The smallest absolute Gasteiger partial charge is 0.328 e. The van der Waals surface area contributed by atoms with Gasteiger partial charge in [0.15, 0.2) is 0 Å². The minimum absolute atomic E-state index is 0.265. The second kappa shape index (κ2) is 6.81. The van der Waals surface area contributed by atoms with Gasteiger partial charge in [-0.25, -0.2) is 4.79 Å². The summed E-state index contributed by atoms with van der Waals surface area (Å²) < 4.78 is 5.02. The molecule has 0 unspecified atom stereocenters. The Hall–Kier alpha value is -2.21. The molecule has 6 nitrogen and oxygen atoms in total. The minimum atomic E-state index is -1.03. The number of methoxy groups -OCH3 is 1. The van der Waals surface area contributed by atoms with Crippen molar-refractivity contribution in [3.05, 3.63) is 35.7 Å². The summed E-state index contributed by atoms with van der Waals surface area (Å²) in [5.41, 5.74) is 0.386. The second-order valence-corrected chi connectivity index (χ2v) is 4.92. The molecule has 0 aromatic carbocycles. The highest BCUT2D eigenvalue weighted by molar-refractivity contribution is 5.93. The van der Waals surface area contributed by atoms with Crippen LogP contribution in [0.4, 0.5) is 0 Å². The Kier molecular flexibility index (Phi) is 5.40. The predicted molar refractivity (Wildman–Crippen MR) is 74.3 cm³/mol. The van der Waals surface area contributed by atoms with Gasteiger partial charge in [0.25, 0.3) is 5.91 Å². The summed E-state index contributed by atoms with van der Waals surface area (Å²) in [5.74, 6) is -1.34. The van der Waals surface area contributed by atoms with E-state index in [1.54, 1.807) is 19.2 Å². The zero-order valence-electron chi connectivity index (χ0n) is 11.7. The Bertz CT molecular complexity index is 506. The van der Waals surface area contributed by atoms with Crippen LogP contribution in [0.5, 0.6) is 0 Å². The molecule has 2 N–H and O–H groups in total. The van der Waals surface area contributed by atoms with Gasteiger partial charge in [0.2, 0.25) is 0 Å². The standard InChI is InChI=1S/C14H18N2O4/c1-14(2,9-20-3)16-13(19)11-6-4-10(8-15-11)5-7-12(17)18/h4-8H,9H2,1-3H3,(H,16,19)(H,17,18)/b7-5+. The van der Waals surface area contributed by atoms with E-state index in [1.165, 1.54) is 12.3 Å². The average Bonchev–Trinajstić information content (AvgIpc) is 2.36. The van der Waals surface area contributed by atoms with E-state index >= 15 is 0 Å². The molecule has 1 heterocycles. The van der Waals surface area contributed by atoms with Gasteiger partial charge in [-0.15, -0.1) is 0 Å². The minimum Gasteiger partial charge on any atom is -0.478 e. The molecule has 0 aliphatic rings. The molecule has 108 valence electrons. The van der Waals surface area contributed by atoms with Crippen LogP contribution in [0.2, 0.25) is 0 Å². The van der Waals surface area contributed by atoms with Crippen molar-refractivity contribution in [2.24, 2.45) is 0 Å². The molecular formula is C14H18N2O4. The van der Waals surface area contributed by atoms with Crippen LogP contribution in [0.3, 0.4) is 0 Å². The predicted octanol–water partition coefficient (Wildman–Crippen LogP) is 1.33. The lowest BCUT2D eigenvalue weighted by molar-refractivity contribution is -0.131. The van der Waals surface area contributed by atoms with E-state index < -0.39 is 11.5 Å². The number of hydrogen-bond acceptors (Lipinski definition) is 4. The lowest BCUT2D eigenvalue weighted by Crippen LogP contribution is -2.47. The normalized spacial score (nSPS) is 11.6. The van der Waals surface area contributed by atoms with Crippen molar-refractivity contribution in [2.75, 3.05) is 13.7 Å². The third-order valence-corrected chi connectivity index (χ3v) is 2.39. The molecule has 1 aromatic rings. The van der Waals surface area contributed by atoms with Crippen LogP contribution < -0.4 is 5.32 Å². The number of hydrogen-bond donors (Lipinski definition) is 2. The highest BCUT2D eigenvalue weighted by Gasteiger charge is 2.21. The van der Waals surface area contributed by atoms with E-state index in [0.29, 0.717) is 12.2 Å². The van der Waals surface area contributed by atoms with Crippen LogP contribution in [0, 0.1) is 0 Å². The fraction of sp³-hybridized carbons (Fsp3) is 0.357. The maximum Gasteiger partial charge on any atom is 0.328 e. The number of nitrogens with one attached hydrogen (secondary N) is 1. The van der Waals surface area contributed by atoms with Crippen LogP contribution in [-0.4, -0.2) is 41.2 Å². The summed E-state index contributed by atoms with van der Waals surface area (Å²) in [6, 6.07) is 3.17. The number of ether oxygens (including phenoxy) is 1. The van der Waals surface area contributed by atoms with Crippen molar-refractivity contribution in [1.82, 2.24) is 10.3 Å². The lowest BCUT2D eigenvalue weighted by atomic mass is 10.1. The Labute approximate surface area is 117 Å². The maximum atomic E-state index is 12.0. The van der Waals surface area contributed by atoms with Crippen molar-refractivity contribution in [2.45, 2.75) is 19.4 Å². The molecule has 0 atom stereocenters. The third kappa shape index (κ3) is 5.19. The number of carboxylic acid groups (broad SMARTS) is 1. The fourth-order valence-electron chi connectivity index (χ4n) is 1.57. The summed E-state index contributed by atoms with van der Waals surface area (Å²) in [6.07, 6.45) is 3.86. The van der Waals surface area contributed by atoms with Gasteiger partial charge in [-0.05, 0) is 31.6 Å². The fourth-order valence-corrected chi connectivity index (χ4v) is 1.57. The van der Waals surface area contributed by atoms with Crippen LogP contribution >= 0.6 is 0 Å². The molecule has 0 saturated heterocycles. The van der Waals surface area contributed by atoms with Gasteiger partial charge in [0, 0.05) is 19.4 Å². The van der Waals surface area contributed by atoms with E-state index in [-0.39, 0.29) is 11.6 Å². The molecule has 1 aromatic heterocycles. The van der Waals surface area contributed by atoms with Crippen molar-refractivity contribution >= 4 is 18.0 Å². The second-order valence-electron chi connectivity index (χ2n) is 4.92. The van der Waals surface area contributed by atoms with Gasteiger partial charge in [-0.2, -0.15) is 0 Å². The van der Waals surface area contributed by atoms with E-state index in [1.807, 2.05) is 13.8 Å². The van der Waals surface area contributed by atoms with Crippen LogP contribution in [0.15, 0.2) is 24.4 Å². The lowest BCUT2D eigenvalue weighted by Gasteiger charge is -2.24. The molecule has 0 saturated carbocycles. The van der Waals surface area contributed by atoms with Crippen molar-refractivity contribution in [1.29, 1.82) is 0 Å². The number of nitrogens with zero attached hydrogens (tertiary/aromatic N) is 1. The van der Waals surface area contributed by atoms with Crippen LogP contribution in [-0.2, 0) is 9.53 Å². The van der Waals surface area contributed by atoms with Crippen molar-refractivity contribution in [3.63, 3.8) is 0 Å². The highest BCUT2D eigenvalue weighted by atomic mass is 16.5. The summed E-state index contributed by atoms with van der Waals surface area (Å²) in [6.45, 7) is 4.08. The molecule has 0 fully saturated rings. The van der Waals surface area contributed by atoms with Gasteiger partial charge < -0.3 is 15.2 Å². The summed E-state index contributed by atoms with van der Waals surface area (Å²) in [4.78, 5) is 26.4. The summed E-state index contributed by atoms with van der Waals surface area (Å²) >= 11 is 0. The molecule has 0 radical (unpaired) electrons. The summed E-state index contributed by atoms with van der Waals surface area (Å²) in [5, 5.41) is 11.3. The first-order valence-electron chi connectivity index (χ1n) is 6.02. The molecular weight excluding hydrogens is 260 g/mol. The van der Waals surface area contributed by atoms with Gasteiger partial charge >= 0.3 is 5.97 Å². The number of carbonyl (C=O) groups is 2. The molecule has 0 bridgehead atoms. The van der Waals surface area contributed by atoms with E-state index in [0.717, 1.165) is 6.08 Å². The topological polar surface area (TPSA) is 88.5 Å². The first-order chi connectivity index (χ1) is 9.34. The van der Waals surface area contributed by atoms with E-state index in [4.69, 9.17) is 9.84 Å². The van der Waals surface area contributed by atoms with Crippen LogP contribution in [0.25, 0.3) is 6.08 Å². The quantitative estimate of drug-likeness (QED) is 0.766. The number of rotatable bonds is 6. The Morgan fingerprint density at radius 1 is 1.45 bits per heavy atom. The molecule has 0 spiro atoms. The Balaban J connectivity index is 2.73. The van der Waals surface area contributed by atoms with Gasteiger partial charge in [-0.1, -0.05) is 6.07 Å². The van der Waals surface area contributed by atoms with Gasteiger partial charge in [0.05, 0.1) is 12.1 Å². The number of aromatic nitrogens is 1. The molecule has 6 heteroatoms. The molecule has 0 aliphatic heterocycles. The number of aliphatic carboxylic acids is 1. The van der Waals surface area contributed by atoms with Gasteiger partial charge in [0.1, 0.15) is 5.69 Å². The van der Waals surface area contributed by atoms with Gasteiger partial charge in [-0.3, -0.25) is 9.78 Å². The first kappa shape index (κ1) is 15.8. The van der Waals surface area contributed by atoms with E-state index in [2.05, 4.69) is 10.3 Å². The first-order valence-corrected chi connectivity index (χ1v) is 6.02. The Morgan fingerprint density at radius 3 is 2.65 bits per heavy atom. The zero-order chi connectivity index (χ0) is 15.2. The molecule has 0 aliphatic carbocycles. The molecule has 20 heavy (non-hydrogen) atoms. The monoisotopic (exact) mass is 278 g/mol.